The van der Waals surface area contributed by atoms with Gasteiger partial charge in [-0.25, -0.2) is 8.42 Å². The number of H-pyrrole nitrogens is 1. The van der Waals surface area contributed by atoms with Gasteiger partial charge in [0.15, 0.2) is 9.84 Å². The molecule has 0 atom stereocenters. The second-order valence-electron chi connectivity index (χ2n) is 5.01. The van der Waals surface area contributed by atoms with Crippen LogP contribution in [0.15, 0.2) is 23.1 Å². The summed E-state index contributed by atoms with van der Waals surface area (Å²) in [7, 11) is -3.35. The number of anilines is 1. The van der Waals surface area contributed by atoms with Gasteiger partial charge in [-0.3, -0.25) is 9.89 Å². The largest absolute Gasteiger partial charge is 0.319 e. The summed E-state index contributed by atoms with van der Waals surface area (Å²) in [6, 6.07) is 4.51. The Labute approximate surface area is 123 Å². The van der Waals surface area contributed by atoms with Gasteiger partial charge in [-0.15, -0.1) is 0 Å². The third kappa shape index (κ3) is 3.13. The van der Waals surface area contributed by atoms with Crippen LogP contribution in [0.2, 0.25) is 0 Å². The lowest BCUT2D eigenvalue weighted by molar-refractivity contribution is 0.102. The van der Waals surface area contributed by atoms with E-state index in [2.05, 4.69) is 15.5 Å². The van der Waals surface area contributed by atoms with Crippen LogP contribution in [0.25, 0.3) is 0 Å². The Morgan fingerprint density at radius 1 is 1.24 bits per heavy atom. The number of rotatable bonds is 3. The van der Waals surface area contributed by atoms with Crippen LogP contribution >= 0.6 is 0 Å². The fourth-order valence-corrected chi connectivity index (χ4v) is 2.64. The molecule has 2 N–H and O–H groups in total. The highest BCUT2D eigenvalue weighted by molar-refractivity contribution is 7.90. The summed E-state index contributed by atoms with van der Waals surface area (Å²) >= 11 is 0. The predicted molar refractivity (Wildman–Crippen MR) is 80.3 cm³/mol. The zero-order valence-corrected chi connectivity index (χ0v) is 13.1. The summed E-state index contributed by atoms with van der Waals surface area (Å²) in [4.78, 5) is 12.5. The Kier molecular flexibility index (Phi) is 3.87. The molecule has 6 nitrogen and oxygen atoms in total. The molecule has 0 saturated heterocycles. The van der Waals surface area contributed by atoms with Crippen LogP contribution in [0.3, 0.4) is 0 Å². The summed E-state index contributed by atoms with van der Waals surface area (Å²) in [6.45, 7) is 5.34. The average Bonchev–Trinajstić information content (AvgIpc) is 2.69. The van der Waals surface area contributed by atoms with Gasteiger partial charge in [0.05, 0.1) is 22.0 Å². The summed E-state index contributed by atoms with van der Waals surface area (Å²) in [5.41, 5.74) is 3.08. The van der Waals surface area contributed by atoms with E-state index in [4.69, 9.17) is 0 Å². The quantitative estimate of drug-likeness (QED) is 0.907. The molecule has 0 aliphatic heterocycles. The molecular formula is C14H17N3O3S. The number of aromatic amines is 1. The van der Waals surface area contributed by atoms with E-state index in [1.54, 1.807) is 26.8 Å². The molecule has 2 rings (SSSR count). The topological polar surface area (TPSA) is 91.9 Å². The van der Waals surface area contributed by atoms with Crippen LogP contribution in [-0.4, -0.2) is 30.8 Å². The Morgan fingerprint density at radius 2 is 1.90 bits per heavy atom. The lowest BCUT2D eigenvalue weighted by atomic mass is 10.1. The standard InChI is InChI=1S/C14H17N3O3S/c1-8-5-6-11(21(4,19)20)7-12(8)14(18)15-13-9(2)16-17-10(13)3/h5-7H,1-4H3,(H,15,18)(H,16,17). The number of benzene rings is 1. The highest BCUT2D eigenvalue weighted by Gasteiger charge is 2.16. The van der Waals surface area contributed by atoms with Crippen LogP contribution in [0.4, 0.5) is 5.69 Å². The molecule has 1 aromatic carbocycles. The molecule has 0 aliphatic carbocycles. The average molecular weight is 307 g/mol. The minimum Gasteiger partial charge on any atom is -0.319 e. The van der Waals surface area contributed by atoms with Crippen molar-refractivity contribution in [2.45, 2.75) is 25.7 Å². The van der Waals surface area contributed by atoms with E-state index in [-0.39, 0.29) is 10.8 Å². The SMILES string of the molecule is Cc1ccc(S(C)(=O)=O)cc1C(=O)Nc1c(C)n[nH]c1C. The van der Waals surface area contributed by atoms with Gasteiger partial charge in [0.1, 0.15) is 0 Å². The van der Waals surface area contributed by atoms with E-state index < -0.39 is 9.84 Å². The molecule has 7 heteroatoms. The second kappa shape index (κ2) is 5.33. The summed E-state index contributed by atoms with van der Waals surface area (Å²) in [5.74, 6) is -0.356. The molecule has 1 heterocycles. The molecule has 112 valence electrons. The van der Waals surface area contributed by atoms with Gasteiger partial charge < -0.3 is 5.32 Å². The monoisotopic (exact) mass is 307 g/mol. The third-order valence-corrected chi connectivity index (χ3v) is 4.36. The lowest BCUT2D eigenvalue weighted by Crippen LogP contribution is -2.15. The zero-order chi connectivity index (χ0) is 15.8. The fraction of sp³-hybridized carbons (Fsp3) is 0.286. The molecule has 0 saturated carbocycles. The molecule has 0 unspecified atom stereocenters. The summed E-state index contributed by atoms with van der Waals surface area (Å²) < 4.78 is 23.2. The summed E-state index contributed by atoms with van der Waals surface area (Å²) in [6.07, 6.45) is 1.11. The molecule has 1 aromatic heterocycles. The highest BCUT2D eigenvalue weighted by atomic mass is 32.2. The van der Waals surface area contributed by atoms with Crippen molar-refractivity contribution in [3.05, 3.63) is 40.7 Å². The number of carbonyl (C=O) groups excluding carboxylic acids is 1. The highest BCUT2D eigenvalue weighted by Crippen LogP contribution is 2.20. The van der Waals surface area contributed by atoms with Gasteiger partial charge in [-0.1, -0.05) is 6.07 Å². The molecule has 0 aliphatic rings. The van der Waals surface area contributed by atoms with Crippen molar-refractivity contribution < 1.29 is 13.2 Å². The van der Waals surface area contributed by atoms with E-state index >= 15 is 0 Å². The van der Waals surface area contributed by atoms with Crippen molar-refractivity contribution in [2.24, 2.45) is 0 Å². The van der Waals surface area contributed by atoms with Gasteiger partial charge in [-0.05, 0) is 38.5 Å². The number of sulfone groups is 1. The third-order valence-electron chi connectivity index (χ3n) is 3.25. The first-order chi connectivity index (χ1) is 9.70. The van der Waals surface area contributed by atoms with Crippen molar-refractivity contribution in [1.82, 2.24) is 10.2 Å². The number of amides is 1. The zero-order valence-electron chi connectivity index (χ0n) is 12.3. The van der Waals surface area contributed by atoms with E-state index in [0.29, 0.717) is 22.5 Å². The van der Waals surface area contributed by atoms with Gasteiger partial charge >= 0.3 is 0 Å². The van der Waals surface area contributed by atoms with Crippen molar-refractivity contribution in [2.75, 3.05) is 11.6 Å². The van der Waals surface area contributed by atoms with Crippen molar-refractivity contribution in [1.29, 1.82) is 0 Å². The first-order valence-electron chi connectivity index (χ1n) is 6.34. The number of hydrogen-bond acceptors (Lipinski definition) is 4. The van der Waals surface area contributed by atoms with Gasteiger partial charge in [0.2, 0.25) is 0 Å². The number of aromatic nitrogens is 2. The molecule has 1 amide bonds. The predicted octanol–water partition coefficient (Wildman–Crippen LogP) is 1.99. The second-order valence-corrected chi connectivity index (χ2v) is 7.03. The van der Waals surface area contributed by atoms with E-state index in [9.17, 15) is 13.2 Å². The van der Waals surface area contributed by atoms with Crippen molar-refractivity contribution in [3.63, 3.8) is 0 Å². The maximum absolute atomic E-state index is 12.4. The smallest absolute Gasteiger partial charge is 0.256 e. The first kappa shape index (κ1) is 15.2. The molecule has 21 heavy (non-hydrogen) atoms. The minimum absolute atomic E-state index is 0.124. The fourth-order valence-electron chi connectivity index (χ4n) is 1.99. The van der Waals surface area contributed by atoms with Crippen LogP contribution in [-0.2, 0) is 9.84 Å². The van der Waals surface area contributed by atoms with Crippen LogP contribution in [0, 0.1) is 20.8 Å². The van der Waals surface area contributed by atoms with Crippen LogP contribution in [0.5, 0.6) is 0 Å². The number of aryl methyl sites for hydroxylation is 3. The maximum Gasteiger partial charge on any atom is 0.256 e. The van der Waals surface area contributed by atoms with Crippen LogP contribution < -0.4 is 5.32 Å². The van der Waals surface area contributed by atoms with E-state index in [1.807, 2.05) is 0 Å². The van der Waals surface area contributed by atoms with E-state index in [0.717, 1.165) is 11.9 Å². The number of hydrogen-bond donors (Lipinski definition) is 2. The summed E-state index contributed by atoms with van der Waals surface area (Å²) in [5, 5.41) is 9.56. The van der Waals surface area contributed by atoms with Crippen LogP contribution in [0.1, 0.15) is 27.3 Å². The normalized spacial score (nSPS) is 11.4. The number of carbonyl (C=O) groups is 1. The molecule has 2 aromatic rings. The Balaban J connectivity index is 2.40. The van der Waals surface area contributed by atoms with Crippen molar-refractivity contribution in [3.8, 4) is 0 Å². The molecule has 0 bridgehead atoms. The molecule has 0 fully saturated rings. The Bertz CT molecular complexity index is 787. The number of nitrogens with zero attached hydrogens (tertiary/aromatic N) is 1. The first-order valence-corrected chi connectivity index (χ1v) is 8.23. The number of nitrogens with one attached hydrogen (secondary N) is 2. The maximum atomic E-state index is 12.4. The Hall–Kier alpha value is -2.15. The molecular weight excluding hydrogens is 290 g/mol. The molecule has 0 spiro atoms. The van der Waals surface area contributed by atoms with Crippen molar-refractivity contribution >= 4 is 21.4 Å². The Morgan fingerprint density at radius 3 is 2.43 bits per heavy atom. The lowest BCUT2D eigenvalue weighted by Gasteiger charge is -2.09. The molecule has 0 radical (unpaired) electrons. The van der Waals surface area contributed by atoms with Gasteiger partial charge in [-0.2, -0.15) is 5.10 Å². The van der Waals surface area contributed by atoms with Gasteiger partial charge in [0.25, 0.3) is 5.91 Å². The minimum atomic E-state index is -3.35. The van der Waals surface area contributed by atoms with E-state index in [1.165, 1.54) is 12.1 Å². The van der Waals surface area contributed by atoms with Gasteiger partial charge in [0, 0.05) is 11.8 Å².